The SMILES string of the molecule is O=S(=O)(c1ccccc1)N(c1ccccc1)c1cccc(OCC2CO2)c1C(F)(F)F. The van der Waals surface area contributed by atoms with Crippen LogP contribution in [0.3, 0.4) is 0 Å². The Labute approximate surface area is 177 Å². The molecule has 0 aliphatic carbocycles. The van der Waals surface area contributed by atoms with E-state index in [0.29, 0.717) is 10.9 Å². The van der Waals surface area contributed by atoms with Gasteiger partial charge in [0, 0.05) is 0 Å². The van der Waals surface area contributed by atoms with Crippen LogP contribution < -0.4 is 9.04 Å². The molecule has 0 radical (unpaired) electrons. The van der Waals surface area contributed by atoms with Crippen molar-refractivity contribution >= 4 is 21.4 Å². The van der Waals surface area contributed by atoms with Gasteiger partial charge in [-0.25, -0.2) is 12.7 Å². The molecule has 1 atom stereocenters. The third-order valence-electron chi connectivity index (χ3n) is 4.61. The molecular weight excluding hydrogens is 431 g/mol. The van der Waals surface area contributed by atoms with Crippen LogP contribution in [-0.2, 0) is 20.9 Å². The standard InChI is InChI=1S/C22H18F3NO4S/c23-22(24,25)21-19(12-7-13-20(21)30-15-17-14-29-17)26(16-8-3-1-4-9-16)31(27,28)18-10-5-2-6-11-18/h1-13,17H,14-15H2. The number of anilines is 2. The highest BCUT2D eigenvalue weighted by Crippen LogP contribution is 2.46. The summed E-state index contributed by atoms with van der Waals surface area (Å²) in [5, 5.41) is 0. The molecule has 162 valence electrons. The number of epoxide rings is 1. The molecule has 0 N–H and O–H groups in total. The number of ether oxygens (including phenoxy) is 2. The molecule has 3 aromatic rings. The molecular formula is C22H18F3NO4S. The topological polar surface area (TPSA) is 59.1 Å². The average Bonchev–Trinajstić information content (AvgIpc) is 3.57. The molecule has 1 aliphatic heterocycles. The van der Waals surface area contributed by atoms with Gasteiger partial charge in [-0.15, -0.1) is 0 Å². The zero-order valence-corrected chi connectivity index (χ0v) is 16.9. The van der Waals surface area contributed by atoms with E-state index in [1.54, 1.807) is 24.3 Å². The van der Waals surface area contributed by atoms with E-state index < -0.39 is 33.2 Å². The van der Waals surface area contributed by atoms with Crippen LogP contribution >= 0.6 is 0 Å². The van der Waals surface area contributed by atoms with Gasteiger partial charge in [-0.2, -0.15) is 13.2 Å². The lowest BCUT2D eigenvalue weighted by atomic mass is 10.1. The Balaban J connectivity index is 1.92. The molecule has 1 unspecified atom stereocenters. The molecule has 5 nitrogen and oxygen atoms in total. The molecule has 0 saturated carbocycles. The van der Waals surface area contributed by atoms with Crippen molar-refractivity contribution in [1.29, 1.82) is 0 Å². The van der Waals surface area contributed by atoms with E-state index in [4.69, 9.17) is 9.47 Å². The molecule has 0 aromatic heterocycles. The van der Waals surface area contributed by atoms with Crippen molar-refractivity contribution < 1.29 is 31.1 Å². The Morgan fingerprint density at radius 1 is 0.935 bits per heavy atom. The van der Waals surface area contributed by atoms with Crippen LogP contribution in [0.5, 0.6) is 5.75 Å². The number of para-hydroxylation sites is 1. The fourth-order valence-corrected chi connectivity index (χ4v) is 4.63. The number of alkyl halides is 3. The van der Waals surface area contributed by atoms with Gasteiger partial charge in [0.05, 0.1) is 22.9 Å². The molecule has 1 fully saturated rings. The first-order chi connectivity index (χ1) is 14.8. The predicted molar refractivity (Wildman–Crippen MR) is 109 cm³/mol. The number of sulfonamides is 1. The van der Waals surface area contributed by atoms with E-state index in [1.807, 2.05) is 0 Å². The number of rotatable bonds is 7. The van der Waals surface area contributed by atoms with Gasteiger partial charge >= 0.3 is 6.18 Å². The van der Waals surface area contributed by atoms with E-state index in [2.05, 4.69) is 0 Å². The Kier molecular flexibility index (Phi) is 5.63. The molecule has 9 heteroatoms. The summed E-state index contributed by atoms with van der Waals surface area (Å²) < 4.78 is 80.6. The highest BCUT2D eigenvalue weighted by atomic mass is 32.2. The lowest BCUT2D eigenvalue weighted by molar-refractivity contribution is -0.138. The second-order valence-electron chi connectivity index (χ2n) is 6.83. The van der Waals surface area contributed by atoms with Crippen LogP contribution in [0.1, 0.15) is 5.56 Å². The first kappa shape index (κ1) is 21.2. The quantitative estimate of drug-likeness (QED) is 0.476. The van der Waals surface area contributed by atoms with Gasteiger partial charge in [0.25, 0.3) is 10.0 Å². The number of hydrogen-bond acceptors (Lipinski definition) is 4. The fourth-order valence-electron chi connectivity index (χ4n) is 3.11. The van der Waals surface area contributed by atoms with Gasteiger partial charge in [-0.05, 0) is 36.4 Å². The van der Waals surface area contributed by atoms with Crippen molar-refractivity contribution in [3.8, 4) is 5.75 Å². The Hall–Kier alpha value is -3.04. The van der Waals surface area contributed by atoms with Crippen molar-refractivity contribution in [2.24, 2.45) is 0 Å². The zero-order chi connectivity index (χ0) is 22.1. The van der Waals surface area contributed by atoms with Gasteiger partial charge in [0.15, 0.2) is 0 Å². The first-order valence-corrected chi connectivity index (χ1v) is 10.8. The van der Waals surface area contributed by atoms with Gasteiger partial charge in [-0.3, -0.25) is 0 Å². The van der Waals surface area contributed by atoms with Crippen LogP contribution in [0.4, 0.5) is 24.5 Å². The summed E-state index contributed by atoms with van der Waals surface area (Å²) in [7, 11) is -4.37. The lowest BCUT2D eigenvalue weighted by Gasteiger charge is -2.28. The Morgan fingerprint density at radius 3 is 2.13 bits per heavy atom. The van der Waals surface area contributed by atoms with Crippen molar-refractivity contribution in [2.45, 2.75) is 17.2 Å². The van der Waals surface area contributed by atoms with Crippen LogP contribution in [0.2, 0.25) is 0 Å². The number of benzene rings is 3. The summed E-state index contributed by atoms with van der Waals surface area (Å²) in [6.45, 7) is 0.364. The van der Waals surface area contributed by atoms with Gasteiger partial charge in [0.1, 0.15) is 24.0 Å². The first-order valence-electron chi connectivity index (χ1n) is 9.38. The van der Waals surface area contributed by atoms with Crippen molar-refractivity contribution in [2.75, 3.05) is 17.5 Å². The van der Waals surface area contributed by atoms with Crippen LogP contribution in [0, 0.1) is 0 Å². The number of hydrogen-bond donors (Lipinski definition) is 0. The minimum Gasteiger partial charge on any atom is -0.490 e. The van der Waals surface area contributed by atoms with Crippen LogP contribution in [0.25, 0.3) is 0 Å². The fraction of sp³-hybridized carbons (Fsp3) is 0.182. The molecule has 1 heterocycles. The second-order valence-corrected chi connectivity index (χ2v) is 8.62. The zero-order valence-electron chi connectivity index (χ0n) is 16.1. The maximum absolute atomic E-state index is 14.2. The monoisotopic (exact) mass is 449 g/mol. The minimum atomic E-state index is -4.87. The molecule has 4 rings (SSSR count). The molecule has 0 bridgehead atoms. The summed E-state index contributed by atoms with van der Waals surface area (Å²) in [5.41, 5.74) is -1.64. The number of halogens is 3. The predicted octanol–water partition coefficient (Wildman–Crippen LogP) is 5.01. The van der Waals surface area contributed by atoms with Crippen molar-refractivity contribution in [1.82, 2.24) is 0 Å². The summed E-state index contributed by atoms with van der Waals surface area (Å²) in [6.07, 6.45) is -5.13. The van der Waals surface area contributed by atoms with Crippen molar-refractivity contribution in [3.05, 3.63) is 84.4 Å². The second kappa shape index (κ2) is 8.24. The Bertz CT molecular complexity index is 1150. The normalized spacial score (nSPS) is 16.0. The van der Waals surface area contributed by atoms with Gasteiger partial charge in [0.2, 0.25) is 0 Å². The third-order valence-corrected chi connectivity index (χ3v) is 6.36. The molecule has 1 aliphatic rings. The maximum Gasteiger partial charge on any atom is 0.422 e. The molecule has 31 heavy (non-hydrogen) atoms. The highest BCUT2D eigenvalue weighted by Gasteiger charge is 2.42. The molecule has 0 spiro atoms. The van der Waals surface area contributed by atoms with Gasteiger partial charge < -0.3 is 9.47 Å². The van der Waals surface area contributed by atoms with E-state index in [0.717, 1.165) is 6.07 Å². The smallest absolute Gasteiger partial charge is 0.422 e. The van der Waals surface area contributed by atoms with Gasteiger partial charge in [-0.1, -0.05) is 42.5 Å². The molecule has 3 aromatic carbocycles. The maximum atomic E-state index is 14.2. The Morgan fingerprint density at radius 2 is 1.55 bits per heavy atom. The summed E-state index contributed by atoms with van der Waals surface area (Å²) in [4.78, 5) is -0.135. The van der Waals surface area contributed by atoms with E-state index >= 15 is 0 Å². The van der Waals surface area contributed by atoms with Crippen molar-refractivity contribution in [3.63, 3.8) is 0 Å². The van der Waals surface area contributed by atoms with Crippen LogP contribution in [0.15, 0.2) is 83.8 Å². The molecule has 0 amide bonds. The van der Waals surface area contributed by atoms with Crippen LogP contribution in [-0.4, -0.2) is 27.7 Å². The number of nitrogens with zero attached hydrogens (tertiary/aromatic N) is 1. The van der Waals surface area contributed by atoms with E-state index in [9.17, 15) is 21.6 Å². The lowest BCUT2D eigenvalue weighted by Crippen LogP contribution is -2.29. The largest absolute Gasteiger partial charge is 0.490 e. The highest BCUT2D eigenvalue weighted by molar-refractivity contribution is 7.93. The summed E-state index contributed by atoms with van der Waals surface area (Å²) in [5.74, 6) is -0.454. The average molecular weight is 449 g/mol. The minimum absolute atomic E-state index is 0.0523. The van der Waals surface area contributed by atoms with E-state index in [1.165, 1.54) is 48.5 Å². The molecule has 1 saturated heterocycles. The summed E-state index contributed by atoms with van der Waals surface area (Å²) >= 11 is 0. The summed E-state index contributed by atoms with van der Waals surface area (Å²) in [6, 6.07) is 18.6. The third kappa shape index (κ3) is 4.52. The van der Waals surface area contributed by atoms with E-state index in [-0.39, 0.29) is 23.3 Å².